The average molecular weight is 232 g/mol. The average Bonchev–Trinajstić information content (AvgIpc) is 2.76. The summed E-state index contributed by atoms with van der Waals surface area (Å²) in [6, 6.07) is 4.52. The van der Waals surface area contributed by atoms with E-state index < -0.39 is 0 Å². The maximum atomic E-state index is 4.83. The largest absolute Gasteiger partial charge is 0.242 e. The molecule has 1 aromatic rings. The molecular weight excluding hydrogens is 208 g/mol. The maximum Gasteiger partial charge on any atom is 0.0427 e. The summed E-state index contributed by atoms with van der Waals surface area (Å²) in [7, 11) is 0. The fourth-order valence-corrected chi connectivity index (χ4v) is 2.40. The van der Waals surface area contributed by atoms with Gasteiger partial charge in [-0.25, -0.2) is 4.68 Å². The SMILES string of the molecule is CCCCC1=Nn2c(CCCC)ccc2CC1. The van der Waals surface area contributed by atoms with Gasteiger partial charge in [0.15, 0.2) is 0 Å². The van der Waals surface area contributed by atoms with Gasteiger partial charge in [0.2, 0.25) is 0 Å². The van der Waals surface area contributed by atoms with Crippen LogP contribution in [0, 0.1) is 0 Å². The first-order valence-electron chi connectivity index (χ1n) is 7.11. The highest BCUT2D eigenvalue weighted by Crippen LogP contribution is 2.19. The summed E-state index contributed by atoms with van der Waals surface area (Å²) in [4.78, 5) is 0. The van der Waals surface area contributed by atoms with E-state index in [0.29, 0.717) is 0 Å². The molecule has 2 nitrogen and oxygen atoms in total. The smallest absolute Gasteiger partial charge is 0.0427 e. The van der Waals surface area contributed by atoms with E-state index in [9.17, 15) is 0 Å². The maximum absolute atomic E-state index is 4.83. The highest BCUT2D eigenvalue weighted by atomic mass is 15.4. The number of hydrogen-bond acceptors (Lipinski definition) is 1. The van der Waals surface area contributed by atoms with Crippen molar-refractivity contribution in [1.29, 1.82) is 0 Å². The molecule has 0 bridgehead atoms. The molecule has 0 aromatic carbocycles. The van der Waals surface area contributed by atoms with Crippen molar-refractivity contribution in [1.82, 2.24) is 4.68 Å². The summed E-state index contributed by atoms with van der Waals surface area (Å²) in [6.45, 7) is 4.49. The molecular formula is C15H24N2. The van der Waals surface area contributed by atoms with Crippen molar-refractivity contribution in [2.24, 2.45) is 5.10 Å². The van der Waals surface area contributed by atoms with E-state index >= 15 is 0 Å². The van der Waals surface area contributed by atoms with Gasteiger partial charge in [-0.3, -0.25) is 0 Å². The van der Waals surface area contributed by atoms with Gasteiger partial charge in [-0.15, -0.1) is 0 Å². The summed E-state index contributed by atoms with van der Waals surface area (Å²) < 4.78 is 2.21. The van der Waals surface area contributed by atoms with Crippen LogP contribution >= 0.6 is 0 Å². The van der Waals surface area contributed by atoms with Crippen molar-refractivity contribution >= 4 is 5.71 Å². The molecule has 0 spiro atoms. The molecule has 0 radical (unpaired) electrons. The first-order valence-corrected chi connectivity index (χ1v) is 7.11. The summed E-state index contributed by atoms with van der Waals surface area (Å²) in [5, 5.41) is 4.83. The fourth-order valence-electron chi connectivity index (χ4n) is 2.40. The number of rotatable bonds is 6. The van der Waals surface area contributed by atoms with E-state index in [4.69, 9.17) is 5.10 Å². The Kier molecular flexibility index (Phi) is 4.41. The second-order valence-electron chi connectivity index (χ2n) is 5.00. The van der Waals surface area contributed by atoms with Gasteiger partial charge in [-0.2, -0.15) is 5.10 Å². The van der Waals surface area contributed by atoms with Gasteiger partial charge in [0.05, 0.1) is 0 Å². The Morgan fingerprint density at radius 1 is 1.06 bits per heavy atom. The summed E-state index contributed by atoms with van der Waals surface area (Å²) in [6.07, 6.45) is 9.75. The second kappa shape index (κ2) is 6.04. The summed E-state index contributed by atoms with van der Waals surface area (Å²) in [5.74, 6) is 0. The number of fused-ring (bicyclic) bond motifs is 1. The summed E-state index contributed by atoms with van der Waals surface area (Å²) in [5.41, 5.74) is 4.19. The molecule has 0 amide bonds. The molecule has 0 saturated heterocycles. The highest BCUT2D eigenvalue weighted by molar-refractivity contribution is 5.85. The second-order valence-corrected chi connectivity index (χ2v) is 5.00. The standard InChI is InChI=1S/C15H24N2/c1-3-5-7-13-9-10-15-12-11-14(8-6-4-2)17(15)16-13/h11-12H,3-10H2,1-2H3. The molecule has 0 aliphatic carbocycles. The van der Waals surface area contributed by atoms with Crippen LogP contribution in [0.2, 0.25) is 0 Å². The van der Waals surface area contributed by atoms with E-state index in [1.165, 1.54) is 62.0 Å². The Balaban J connectivity index is 2.10. The first-order chi connectivity index (χ1) is 8.35. The molecule has 1 aromatic heterocycles. The molecule has 94 valence electrons. The zero-order valence-corrected chi connectivity index (χ0v) is 11.2. The zero-order valence-electron chi connectivity index (χ0n) is 11.2. The Morgan fingerprint density at radius 3 is 2.59 bits per heavy atom. The van der Waals surface area contributed by atoms with Gasteiger partial charge in [-0.1, -0.05) is 26.7 Å². The minimum atomic E-state index is 1.16. The van der Waals surface area contributed by atoms with Crippen molar-refractivity contribution < 1.29 is 0 Å². The van der Waals surface area contributed by atoms with Gasteiger partial charge in [0, 0.05) is 17.1 Å². The third kappa shape index (κ3) is 2.99. The molecule has 0 N–H and O–H groups in total. The Hall–Kier alpha value is -1.05. The van der Waals surface area contributed by atoms with Crippen LogP contribution in [-0.4, -0.2) is 10.4 Å². The van der Waals surface area contributed by atoms with Gasteiger partial charge >= 0.3 is 0 Å². The molecule has 0 unspecified atom stereocenters. The minimum Gasteiger partial charge on any atom is -0.242 e. The van der Waals surface area contributed by atoms with E-state index in [1.54, 1.807) is 0 Å². The van der Waals surface area contributed by atoms with Crippen molar-refractivity contribution in [2.45, 2.75) is 65.2 Å². The lowest BCUT2D eigenvalue weighted by atomic mass is 10.1. The lowest BCUT2D eigenvalue weighted by Crippen LogP contribution is -2.14. The van der Waals surface area contributed by atoms with Crippen LogP contribution in [0.5, 0.6) is 0 Å². The van der Waals surface area contributed by atoms with E-state index in [2.05, 4.69) is 30.7 Å². The molecule has 2 heterocycles. The van der Waals surface area contributed by atoms with Crippen LogP contribution in [0.3, 0.4) is 0 Å². The van der Waals surface area contributed by atoms with Crippen LogP contribution in [0.1, 0.15) is 63.8 Å². The Bertz CT molecular complexity index is 388. The van der Waals surface area contributed by atoms with Gasteiger partial charge < -0.3 is 0 Å². The predicted molar refractivity (Wildman–Crippen MR) is 73.7 cm³/mol. The van der Waals surface area contributed by atoms with Crippen molar-refractivity contribution in [3.05, 3.63) is 23.5 Å². The van der Waals surface area contributed by atoms with Crippen LogP contribution in [0.25, 0.3) is 0 Å². The Labute approximate surface area is 105 Å². The van der Waals surface area contributed by atoms with Crippen LogP contribution < -0.4 is 0 Å². The van der Waals surface area contributed by atoms with Crippen LogP contribution in [0.4, 0.5) is 0 Å². The fraction of sp³-hybridized carbons (Fsp3) is 0.667. The van der Waals surface area contributed by atoms with Gasteiger partial charge in [-0.05, 0) is 50.7 Å². The number of hydrogen-bond donors (Lipinski definition) is 0. The quantitative estimate of drug-likeness (QED) is 0.700. The monoisotopic (exact) mass is 232 g/mol. The van der Waals surface area contributed by atoms with Crippen LogP contribution in [0.15, 0.2) is 17.2 Å². The number of unbranched alkanes of at least 4 members (excludes halogenated alkanes) is 2. The van der Waals surface area contributed by atoms with Crippen molar-refractivity contribution in [3.8, 4) is 0 Å². The third-order valence-electron chi connectivity index (χ3n) is 3.53. The molecule has 17 heavy (non-hydrogen) atoms. The number of aromatic nitrogens is 1. The number of aryl methyl sites for hydroxylation is 2. The van der Waals surface area contributed by atoms with Crippen LogP contribution in [-0.2, 0) is 12.8 Å². The van der Waals surface area contributed by atoms with Gasteiger partial charge in [0.25, 0.3) is 0 Å². The molecule has 1 aliphatic rings. The lowest BCUT2D eigenvalue weighted by Gasteiger charge is -2.16. The third-order valence-corrected chi connectivity index (χ3v) is 3.53. The molecule has 0 saturated carbocycles. The number of nitrogens with zero attached hydrogens (tertiary/aromatic N) is 2. The van der Waals surface area contributed by atoms with Crippen molar-refractivity contribution in [3.63, 3.8) is 0 Å². The first kappa shape index (κ1) is 12.4. The molecule has 2 rings (SSSR count). The van der Waals surface area contributed by atoms with E-state index in [1.807, 2.05) is 0 Å². The topological polar surface area (TPSA) is 17.3 Å². The molecule has 0 atom stereocenters. The van der Waals surface area contributed by atoms with E-state index in [-0.39, 0.29) is 0 Å². The summed E-state index contributed by atoms with van der Waals surface area (Å²) >= 11 is 0. The van der Waals surface area contributed by atoms with E-state index in [0.717, 1.165) is 6.42 Å². The zero-order chi connectivity index (χ0) is 12.1. The lowest BCUT2D eigenvalue weighted by molar-refractivity contribution is 0.669. The predicted octanol–water partition coefficient (Wildman–Crippen LogP) is 4.17. The molecule has 0 fully saturated rings. The minimum absolute atomic E-state index is 1.16. The van der Waals surface area contributed by atoms with Crippen molar-refractivity contribution in [2.75, 3.05) is 0 Å². The normalized spacial score (nSPS) is 14.6. The molecule has 1 aliphatic heterocycles. The molecule has 2 heteroatoms. The van der Waals surface area contributed by atoms with Gasteiger partial charge in [0.1, 0.15) is 0 Å². The highest BCUT2D eigenvalue weighted by Gasteiger charge is 2.14. The Morgan fingerprint density at radius 2 is 1.82 bits per heavy atom.